The summed E-state index contributed by atoms with van der Waals surface area (Å²) in [5, 5.41) is 13.1. The zero-order chi connectivity index (χ0) is 22.6. The van der Waals surface area contributed by atoms with Crippen LogP contribution in [0.3, 0.4) is 0 Å². The molecule has 1 aliphatic heterocycles. The number of nitrogens with one attached hydrogen (secondary N) is 1. The number of hydrogen-bond donors (Lipinski definition) is 1. The summed E-state index contributed by atoms with van der Waals surface area (Å²) in [6.45, 7) is 4.53. The van der Waals surface area contributed by atoms with Crippen molar-refractivity contribution in [2.75, 3.05) is 23.3 Å². The van der Waals surface area contributed by atoms with Gasteiger partial charge in [-0.15, -0.1) is 11.3 Å². The van der Waals surface area contributed by atoms with Gasteiger partial charge in [-0.2, -0.15) is 0 Å². The number of amides is 1. The lowest BCUT2D eigenvalue weighted by atomic mass is 10.1. The first-order chi connectivity index (χ1) is 16.2. The predicted octanol–water partition coefficient (Wildman–Crippen LogP) is 5.67. The molecule has 0 spiro atoms. The molecule has 1 N–H and O–H groups in total. The smallest absolute Gasteiger partial charge is 0.265 e. The van der Waals surface area contributed by atoms with Crippen LogP contribution < -0.4 is 15.0 Å². The number of benzene rings is 2. The number of ether oxygens (including phenoxy) is 1. The Bertz CT molecular complexity index is 1240. The summed E-state index contributed by atoms with van der Waals surface area (Å²) in [7, 11) is 0. The second kappa shape index (κ2) is 9.62. The summed E-state index contributed by atoms with van der Waals surface area (Å²) >= 11 is 1.39. The Balaban J connectivity index is 1.26. The van der Waals surface area contributed by atoms with Crippen LogP contribution in [-0.4, -0.2) is 29.3 Å². The second-order valence-electron chi connectivity index (χ2n) is 8.20. The van der Waals surface area contributed by atoms with Crippen molar-refractivity contribution in [3.05, 3.63) is 63.8 Å². The summed E-state index contributed by atoms with van der Waals surface area (Å²) in [5.74, 6) is 0.632. The summed E-state index contributed by atoms with van der Waals surface area (Å²) in [6.07, 6.45) is 4.59. The van der Waals surface area contributed by atoms with Crippen LogP contribution in [0.25, 0.3) is 11.0 Å². The van der Waals surface area contributed by atoms with E-state index in [0.29, 0.717) is 28.2 Å². The molecule has 0 aliphatic carbocycles. The van der Waals surface area contributed by atoms with Crippen molar-refractivity contribution in [3.8, 4) is 5.75 Å². The first-order valence-corrected chi connectivity index (χ1v) is 12.2. The zero-order valence-corrected chi connectivity index (χ0v) is 19.4. The molecule has 1 amide bonds. The largest absolute Gasteiger partial charge is 0.489 e. The minimum Gasteiger partial charge on any atom is -0.489 e. The van der Waals surface area contributed by atoms with E-state index < -0.39 is 0 Å². The first kappa shape index (κ1) is 21.5. The van der Waals surface area contributed by atoms with Gasteiger partial charge in [-0.1, -0.05) is 19.1 Å². The van der Waals surface area contributed by atoms with E-state index in [9.17, 15) is 4.79 Å². The third-order valence-corrected chi connectivity index (χ3v) is 6.93. The lowest BCUT2D eigenvalue weighted by molar-refractivity contribution is 0.103. The van der Waals surface area contributed by atoms with Crippen LogP contribution in [0.5, 0.6) is 5.75 Å². The van der Waals surface area contributed by atoms with Crippen molar-refractivity contribution in [2.24, 2.45) is 0 Å². The number of aryl methyl sites for hydroxylation is 1. The highest BCUT2D eigenvalue weighted by Gasteiger charge is 2.20. The van der Waals surface area contributed by atoms with Gasteiger partial charge in [0.25, 0.3) is 5.91 Å². The molecule has 8 heteroatoms. The van der Waals surface area contributed by atoms with Crippen LogP contribution in [0.4, 0.5) is 11.4 Å². The van der Waals surface area contributed by atoms with Crippen LogP contribution in [0, 0.1) is 0 Å². The van der Waals surface area contributed by atoms with Crippen molar-refractivity contribution >= 4 is 39.7 Å². The SMILES string of the molecule is CCc1ccc(OCc2csc(C(=O)Nc3ccc(N4CCCCC4)c4nonc34)c2)cc1. The van der Waals surface area contributed by atoms with Gasteiger partial charge in [0.1, 0.15) is 12.4 Å². The molecule has 3 heterocycles. The Morgan fingerprint density at radius 1 is 1.06 bits per heavy atom. The molecule has 1 fully saturated rings. The number of hydrogen-bond acceptors (Lipinski definition) is 7. The molecule has 33 heavy (non-hydrogen) atoms. The Kier molecular flexibility index (Phi) is 6.26. The molecule has 0 unspecified atom stereocenters. The standard InChI is InChI=1S/C25H26N4O3S/c1-2-17-6-8-19(9-7-17)31-15-18-14-22(33-16-18)25(30)26-20-10-11-21(24-23(20)27-32-28-24)29-12-4-3-5-13-29/h6-11,14,16H,2-5,12-13,15H2,1H3,(H,26,30). The molecular formula is C25H26N4O3S. The molecule has 5 rings (SSSR count). The molecule has 0 bridgehead atoms. The average Bonchev–Trinajstić information content (AvgIpc) is 3.54. The van der Waals surface area contributed by atoms with Crippen LogP contribution in [-0.2, 0) is 13.0 Å². The van der Waals surface area contributed by atoms with Gasteiger partial charge in [-0.25, -0.2) is 4.63 Å². The number of nitrogens with zero attached hydrogens (tertiary/aromatic N) is 3. The van der Waals surface area contributed by atoms with E-state index in [-0.39, 0.29) is 5.91 Å². The Morgan fingerprint density at radius 3 is 2.64 bits per heavy atom. The number of carbonyl (C=O) groups excluding carboxylic acids is 1. The summed E-state index contributed by atoms with van der Waals surface area (Å²) in [4.78, 5) is 15.8. The van der Waals surface area contributed by atoms with Gasteiger partial charge in [0.2, 0.25) is 0 Å². The predicted molar refractivity (Wildman–Crippen MR) is 130 cm³/mol. The first-order valence-electron chi connectivity index (χ1n) is 11.3. The summed E-state index contributed by atoms with van der Waals surface area (Å²) < 4.78 is 10.9. The summed E-state index contributed by atoms with van der Waals surface area (Å²) in [6, 6.07) is 13.8. The lowest BCUT2D eigenvalue weighted by Crippen LogP contribution is -2.29. The minimum absolute atomic E-state index is 0.187. The van der Waals surface area contributed by atoms with Crippen molar-refractivity contribution in [2.45, 2.75) is 39.2 Å². The maximum absolute atomic E-state index is 12.9. The number of carbonyl (C=O) groups is 1. The number of anilines is 2. The topological polar surface area (TPSA) is 80.5 Å². The van der Waals surface area contributed by atoms with E-state index in [1.165, 1.54) is 36.2 Å². The van der Waals surface area contributed by atoms with Gasteiger partial charge in [0.15, 0.2) is 11.0 Å². The zero-order valence-electron chi connectivity index (χ0n) is 18.5. The number of piperidine rings is 1. The molecule has 0 saturated carbocycles. The van der Waals surface area contributed by atoms with Gasteiger partial charge >= 0.3 is 0 Å². The number of rotatable bonds is 7. The Morgan fingerprint density at radius 2 is 1.85 bits per heavy atom. The van der Waals surface area contributed by atoms with Gasteiger partial charge in [0.05, 0.1) is 16.3 Å². The van der Waals surface area contributed by atoms with E-state index in [4.69, 9.17) is 9.37 Å². The van der Waals surface area contributed by atoms with Crippen molar-refractivity contribution < 1.29 is 14.2 Å². The molecule has 170 valence electrons. The molecule has 0 radical (unpaired) electrons. The van der Waals surface area contributed by atoms with E-state index in [2.05, 4.69) is 39.6 Å². The van der Waals surface area contributed by atoms with Crippen molar-refractivity contribution in [1.82, 2.24) is 10.3 Å². The molecule has 0 atom stereocenters. The average molecular weight is 463 g/mol. The van der Waals surface area contributed by atoms with Crippen molar-refractivity contribution in [3.63, 3.8) is 0 Å². The monoisotopic (exact) mass is 462 g/mol. The highest BCUT2D eigenvalue weighted by Crippen LogP contribution is 2.32. The Labute approximate surface area is 196 Å². The summed E-state index contributed by atoms with van der Waals surface area (Å²) in [5.41, 5.74) is 5.09. The normalized spacial score (nSPS) is 13.9. The third kappa shape index (κ3) is 4.71. The van der Waals surface area contributed by atoms with Crippen LogP contribution in [0.2, 0.25) is 0 Å². The van der Waals surface area contributed by atoms with Crippen molar-refractivity contribution in [1.29, 1.82) is 0 Å². The maximum atomic E-state index is 12.9. The fourth-order valence-electron chi connectivity index (χ4n) is 4.09. The third-order valence-electron chi connectivity index (χ3n) is 5.95. The van der Waals surface area contributed by atoms with Gasteiger partial charge < -0.3 is 15.0 Å². The highest BCUT2D eigenvalue weighted by atomic mass is 32.1. The number of thiophene rings is 1. The maximum Gasteiger partial charge on any atom is 0.265 e. The fraction of sp³-hybridized carbons (Fsp3) is 0.320. The fourth-order valence-corrected chi connectivity index (χ4v) is 4.88. The molecule has 4 aromatic rings. The number of fused-ring (bicyclic) bond motifs is 1. The molecule has 2 aromatic heterocycles. The molecule has 1 aliphatic rings. The van der Waals surface area contributed by atoms with Crippen LogP contribution >= 0.6 is 11.3 Å². The lowest BCUT2D eigenvalue weighted by Gasteiger charge is -2.28. The van der Waals surface area contributed by atoms with E-state index in [1.807, 2.05) is 35.7 Å². The molecular weight excluding hydrogens is 436 g/mol. The van der Waals surface area contributed by atoms with Gasteiger partial charge in [-0.3, -0.25) is 4.79 Å². The number of aromatic nitrogens is 2. The quantitative estimate of drug-likeness (QED) is 0.381. The van der Waals surface area contributed by atoms with E-state index >= 15 is 0 Å². The molecule has 2 aromatic carbocycles. The highest BCUT2D eigenvalue weighted by molar-refractivity contribution is 7.12. The Hall–Kier alpha value is -3.39. The second-order valence-corrected chi connectivity index (χ2v) is 9.11. The van der Waals surface area contributed by atoms with E-state index in [1.54, 1.807) is 0 Å². The molecule has 1 saturated heterocycles. The van der Waals surface area contributed by atoms with Crippen LogP contribution in [0.1, 0.15) is 47.0 Å². The van der Waals surface area contributed by atoms with E-state index in [0.717, 1.165) is 36.5 Å². The molecule has 7 nitrogen and oxygen atoms in total. The van der Waals surface area contributed by atoms with Gasteiger partial charge in [-0.05, 0) is 77.3 Å². The van der Waals surface area contributed by atoms with Crippen LogP contribution in [0.15, 0.2) is 52.5 Å². The minimum atomic E-state index is -0.187. The van der Waals surface area contributed by atoms with Gasteiger partial charge in [0, 0.05) is 18.7 Å².